The number of nitrogens with zero attached hydrogens (tertiary/aromatic N) is 3. The van der Waals surface area contributed by atoms with Gasteiger partial charge in [0.1, 0.15) is 0 Å². The van der Waals surface area contributed by atoms with Crippen molar-refractivity contribution in [3.63, 3.8) is 0 Å². The van der Waals surface area contributed by atoms with E-state index in [1.165, 1.54) is 11.8 Å². The van der Waals surface area contributed by atoms with Crippen LogP contribution < -0.4 is 5.32 Å². The molecule has 0 unspecified atom stereocenters. The molecule has 0 aliphatic carbocycles. The first-order valence-electron chi connectivity index (χ1n) is 10.5. The predicted octanol–water partition coefficient (Wildman–Crippen LogP) is 7.13. The molecule has 5 rings (SSSR count). The minimum absolute atomic E-state index is 0.133. The molecule has 5 aromatic rings. The number of halogens is 2. The van der Waals surface area contributed by atoms with Gasteiger partial charge < -0.3 is 5.32 Å². The summed E-state index contributed by atoms with van der Waals surface area (Å²) in [6.07, 6.45) is 0. The van der Waals surface area contributed by atoms with Gasteiger partial charge in [0.15, 0.2) is 11.0 Å². The first kappa shape index (κ1) is 22.5. The number of fused-ring (bicyclic) bond motifs is 1. The highest BCUT2D eigenvalue weighted by Crippen LogP contribution is 2.32. The maximum Gasteiger partial charge on any atom is 0.234 e. The first-order valence-corrected chi connectivity index (χ1v) is 12.2. The lowest BCUT2D eigenvalue weighted by atomic mass is 10.1. The third-order valence-corrected chi connectivity index (χ3v) is 6.74. The largest absolute Gasteiger partial charge is 0.325 e. The maximum atomic E-state index is 12.8. The fourth-order valence-electron chi connectivity index (χ4n) is 3.65. The van der Waals surface area contributed by atoms with E-state index in [1.54, 1.807) is 12.1 Å². The summed E-state index contributed by atoms with van der Waals surface area (Å²) in [4.78, 5) is 12.8. The molecule has 5 nitrogen and oxygen atoms in total. The summed E-state index contributed by atoms with van der Waals surface area (Å²) in [5.41, 5.74) is 2.35. The van der Waals surface area contributed by atoms with E-state index in [1.807, 2.05) is 83.4 Å². The van der Waals surface area contributed by atoms with Crippen molar-refractivity contribution in [3.8, 4) is 17.1 Å². The Bertz CT molecular complexity index is 1480. The highest BCUT2D eigenvalue weighted by molar-refractivity contribution is 7.99. The Morgan fingerprint density at radius 1 is 0.853 bits per heavy atom. The molecule has 0 spiro atoms. The Hall–Kier alpha value is -3.32. The van der Waals surface area contributed by atoms with E-state index in [4.69, 9.17) is 23.2 Å². The number of hydrogen-bond acceptors (Lipinski definition) is 4. The molecule has 1 aromatic heterocycles. The molecule has 0 saturated heterocycles. The summed E-state index contributed by atoms with van der Waals surface area (Å²) in [5, 5.41) is 15.6. The van der Waals surface area contributed by atoms with Gasteiger partial charge in [0.25, 0.3) is 0 Å². The van der Waals surface area contributed by atoms with E-state index in [0.29, 0.717) is 21.0 Å². The molecule has 1 amide bonds. The predicted molar refractivity (Wildman–Crippen MR) is 140 cm³/mol. The van der Waals surface area contributed by atoms with Gasteiger partial charge in [0.2, 0.25) is 5.91 Å². The smallest absolute Gasteiger partial charge is 0.234 e. The van der Waals surface area contributed by atoms with Gasteiger partial charge in [-0.15, -0.1) is 10.2 Å². The summed E-state index contributed by atoms with van der Waals surface area (Å²) in [7, 11) is 0. The van der Waals surface area contributed by atoms with Crippen LogP contribution in [0.5, 0.6) is 0 Å². The zero-order valence-electron chi connectivity index (χ0n) is 17.8. The van der Waals surface area contributed by atoms with Gasteiger partial charge in [-0.1, -0.05) is 83.5 Å². The van der Waals surface area contributed by atoms with Crippen molar-refractivity contribution >= 4 is 57.3 Å². The fraction of sp³-hybridized carbons (Fsp3) is 0.0385. The van der Waals surface area contributed by atoms with Crippen LogP contribution in [0.2, 0.25) is 10.0 Å². The van der Waals surface area contributed by atoms with Crippen LogP contribution in [0.1, 0.15) is 0 Å². The van der Waals surface area contributed by atoms with Gasteiger partial charge in [0, 0.05) is 27.3 Å². The fourth-order valence-corrected chi connectivity index (χ4v) is 4.75. The number of carbonyl (C=O) groups excluding carboxylic acids is 1. The van der Waals surface area contributed by atoms with Gasteiger partial charge in [-0.25, -0.2) is 0 Å². The lowest BCUT2D eigenvalue weighted by Gasteiger charge is -2.12. The molecular formula is C26H18Cl2N4OS. The number of aromatic nitrogens is 3. The van der Waals surface area contributed by atoms with Crippen LogP contribution in [0, 0.1) is 0 Å². The molecule has 8 heteroatoms. The average Bonchev–Trinajstić information content (AvgIpc) is 3.27. The summed E-state index contributed by atoms with van der Waals surface area (Å²) < 4.78 is 1.88. The van der Waals surface area contributed by atoms with Crippen LogP contribution in [-0.2, 0) is 4.79 Å². The normalized spacial score (nSPS) is 11.0. The molecule has 0 aliphatic heterocycles. The molecule has 0 fully saturated rings. The lowest BCUT2D eigenvalue weighted by molar-refractivity contribution is -0.113. The summed E-state index contributed by atoms with van der Waals surface area (Å²) >= 11 is 13.8. The molecule has 0 bridgehead atoms. The van der Waals surface area contributed by atoms with E-state index >= 15 is 0 Å². The number of thioether (sulfide) groups is 1. The van der Waals surface area contributed by atoms with E-state index in [9.17, 15) is 4.79 Å². The van der Waals surface area contributed by atoms with Gasteiger partial charge in [-0.2, -0.15) is 0 Å². The van der Waals surface area contributed by atoms with Crippen LogP contribution in [0.25, 0.3) is 27.8 Å². The number of rotatable bonds is 6. The number of nitrogens with one attached hydrogen (secondary N) is 1. The highest BCUT2D eigenvalue weighted by Gasteiger charge is 2.19. The number of benzene rings is 4. The Morgan fingerprint density at radius 3 is 2.41 bits per heavy atom. The Kier molecular flexibility index (Phi) is 6.54. The molecule has 0 radical (unpaired) electrons. The minimum Gasteiger partial charge on any atom is -0.325 e. The molecule has 1 N–H and O–H groups in total. The van der Waals surface area contributed by atoms with E-state index < -0.39 is 0 Å². The van der Waals surface area contributed by atoms with Crippen molar-refractivity contribution in [1.82, 2.24) is 14.8 Å². The van der Waals surface area contributed by atoms with Crippen LogP contribution in [0.4, 0.5) is 5.69 Å². The Balaban J connectivity index is 1.43. The van der Waals surface area contributed by atoms with Crippen LogP contribution >= 0.6 is 35.0 Å². The quantitative estimate of drug-likeness (QED) is 0.250. The molecule has 0 aliphatic rings. The molecule has 4 aromatic carbocycles. The van der Waals surface area contributed by atoms with E-state index in [0.717, 1.165) is 27.7 Å². The van der Waals surface area contributed by atoms with Gasteiger partial charge >= 0.3 is 0 Å². The van der Waals surface area contributed by atoms with Crippen molar-refractivity contribution in [3.05, 3.63) is 101 Å². The van der Waals surface area contributed by atoms with Crippen molar-refractivity contribution < 1.29 is 4.79 Å². The summed E-state index contributed by atoms with van der Waals surface area (Å²) in [6.45, 7) is 0. The SMILES string of the molecule is O=C(CSc1nnc(-c2ccccc2Cl)n1-c1ccc(Cl)cc1)Nc1cccc2ccccc12. The number of anilines is 1. The summed E-state index contributed by atoms with van der Waals surface area (Å²) in [6, 6.07) is 28.6. The molecule has 168 valence electrons. The van der Waals surface area contributed by atoms with Gasteiger partial charge in [-0.3, -0.25) is 9.36 Å². The molecule has 1 heterocycles. The monoisotopic (exact) mass is 504 g/mol. The van der Waals surface area contributed by atoms with Crippen molar-refractivity contribution in [2.45, 2.75) is 5.16 Å². The van der Waals surface area contributed by atoms with Gasteiger partial charge in [-0.05, 0) is 47.9 Å². The third-order valence-electron chi connectivity index (χ3n) is 5.23. The maximum absolute atomic E-state index is 12.8. The number of carbonyl (C=O) groups is 1. The minimum atomic E-state index is -0.133. The van der Waals surface area contributed by atoms with Crippen LogP contribution in [-0.4, -0.2) is 26.4 Å². The summed E-state index contributed by atoms with van der Waals surface area (Å²) in [5.74, 6) is 0.619. The molecular weight excluding hydrogens is 487 g/mol. The zero-order chi connectivity index (χ0) is 23.5. The first-order chi connectivity index (χ1) is 16.6. The molecule has 0 saturated carbocycles. The zero-order valence-corrected chi connectivity index (χ0v) is 20.1. The second-order valence-electron chi connectivity index (χ2n) is 7.46. The van der Waals surface area contributed by atoms with E-state index in [-0.39, 0.29) is 11.7 Å². The van der Waals surface area contributed by atoms with Crippen molar-refractivity contribution in [2.75, 3.05) is 11.1 Å². The lowest BCUT2D eigenvalue weighted by Crippen LogP contribution is -2.14. The van der Waals surface area contributed by atoms with Crippen molar-refractivity contribution in [1.29, 1.82) is 0 Å². The van der Waals surface area contributed by atoms with Crippen LogP contribution in [0.3, 0.4) is 0 Å². The second kappa shape index (κ2) is 9.89. The Labute approximate surface area is 210 Å². The average molecular weight is 505 g/mol. The van der Waals surface area contributed by atoms with Crippen molar-refractivity contribution in [2.24, 2.45) is 0 Å². The molecule has 0 atom stereocenters. The topological polar surface area (TPSA) is 59.8 Å². The standard InChI is InChI=1S/C26H18Cl2N4OS/c27-18-12-14-19(15-13-18)32-25(21-9-3-4-10-22(21)28)30-31-26(32)34-16-24(33)29-23-11-5-7-17-6-1-2-8-20(17)23/h1-15H,16H2,(H,29,33). The number of amides is 1. The second-order valence-corrected chi connectivity index (χ2v) is 9.25. The van der Waals surface area contributed by atoms with Gasteiger partial charge in [0.05, 0.1) is 10.8 Å². The van der Waals surface area contributed by atoms with Crippen LogP contribution in [0.15, 0.2) is 96.2 Å². The van der Waals surface area contributed by atoms with E-state index in [2.05, 4.69) is 15.5 Å². The number of hydrogen-bond donors (Lipinski definition) is 1. The third kappa shape index (κ3) is 4.66. The Morgan fingerprint density at radius 2 is 1.59 bits per heavy atom. The highest BCUT2D eigenvalue weighted by atomic mass is 35.5. The molecule has 34 heavy (non-hydrogen) atoms.